The summed E-state index contributed by atoms with van der Waals surface area (Å²) in [5.41, 5.74) is 2.27. The Morgan fingerprint density at radius 3 is 3.14 bits per heavy atom. The fourth-order valence-electron chi connectivity index (χ4n) is 4.03. The Morgan fingerprint density at radius 2 is 2.31 bits per heavy atom. The van der Waals surface area contributed by atoms with Crippen molar-refractivity contribution in [2.24, 2.45) is 0 Å². The molecule has 1 aliphatic rings. The molecule has 1 N–H and O–H groups in total. The summed E-state index contributed by atoms with van der Waals surface area (Å²) in [7, 11) is 1.67. The fourth-order valence-corrected chi connectivity index (χ4v) is 5.28. The molecule has 0 saturated heterocycles. The zero-order valence-electron chi connectivity index (χ0n) is 16.6. The second kappa shape index (κ2) is 9.15. The van der Waals surface area contributed by atoms with Gasteiger partial charge in [0.1, 0.15) is 10.6 Å². The minimum absolute atomic E-state index is 0.0705. The van der Waals surface area contributed by atoms with Gasteiger partial charge in [0.15, 0.2) is 0 Å². The van der Waals surface area contributed by atoms with E-state index in [2.05, 4.69) is 10.3 Å². The van der Waals surface area contributed by atoms with Crippen LogP contribution >= 0.6 is 11.3 Å². The first-order chi connectivity index (χ1) is 14.2. The Kier molecular flexibility index (Phi) is 6.37. The van der Waals surface area contributed by atoms with Crippen LogP contribution in [0.2, 0.25) is 0 Å². The van der Waals surface area contributed by atoms with Gasteiger partial charge < -0.3 is 10.1 Å². The fraction of sp³-hybridized carbons (Fsp3) is 0.455. The molecule has 154 valence electrons. The van der Waals surface area contributed by atoms with Gasteiger partial charge in [-0.3, -0.25) is 9.36 Å². The summed E-state index contributed by atoms with van der Waals surface area (Å²) in [6.45, 7) is 2.08. The zero-order chi connectivity index (χ0) is 20.2. The van der Waals surface area contributed by atoms with E-state index in [1.165, 1.54) is 16.5 Å². The van der Waals surface area contributed by atoms with Crippen LogP contribution in [0.1, 0.15) is 28.8 Å². The molecule has 2 heterocycles. The highest BCUT2D eigenvalue weighted by Gasteiger charge is 2.24. The molecule has 7 heteroatoms. The highest BCUT2D eigenvalue weighted by Crippen LogP contribution is 2.33. The Balaban J connectivity index is 1.42. The summed E-state index contributed by atoms with van der Waals surface area (Å²) in [5.74, 6) is -0.185. The summed E-state index contributed by atoms with van der Waals surface area (Å²) in [6.07, 6.45) is 6.08. The van der Waals surface area contributed by atoms with Gasteiger partial charge in [-0.1, -0.05) is 12.1 Å². The molecule has 1 aliphatic carbocycles. The topological polar surface area (TPSA) is 56.2 Å². The molecule has 2 aromatic heterocycles. The third-order valence-corrected chi connectivity index (χ3v) is 6.68. The van der Waals surface area contributed by atoms with E-state index >= 15 is 0 Å². The number of methoxy groups -OCH3 is 1. The van der Waals surface area contributed by atoms with E-state index in [4.69, 9.17) is 4.74 Å². The Labute approximate surface area is 173 Å². The van der Waals surface area contributed by atoms with Crippen LogP contribution in [-0.2, 0) is 30.5 Å². The number of thiophene rings is 1. The van der Waals surface area contributed by atoms with Crippen LogP contribution in [0.4, 0.5) is 4.39 Å². The molecule has 1 aromatic carbocycles. The quantitative estimate of drug-likeness (QED) is 0.574. The number of ether oxygens (including phenoxy) is 1. The summed E-state index contributed by atoms with van der Waals surface area (Å²) in [4.78, 5) is 19.6. The average Bonchev–Trinajstić information content (AvgIpc) is 3.08. The number of benzene rings is 1. The standard InChI is InChI=1S/C22H26FN3O2S/c1-28-11-3-10-26-14-25-21-20(22(26)27)18-7-6-17(13-19(18)29-21)24-9-8-15-4-2-5-16(23)12-15/h2,4-5,12,14,17,24H,3,6-11,13H2,1H3. The molecule has 0 bridgehead atoms. The zero-order valence-corrected chi connectivity index (χ0v) is 17.4. The third-order valence-electron chi connectivity index (χ3n) is 5.52. The van der Waals surface area contributed by atoms with Crippen LogP contribution in [0.3, 0.4) is 0 Å². The van der Waals surface area contributed by atoms with Gasteiger partial charge in [0, 0.05) is 31.2 Å². The minimum atomic E-state index is -0.185. The van der Waals surface area contributed by atoms with E-state index < -0.39 is 0 Å². The molecular formula is C22H26FN3O2S. The van der Waals surface area contributed by atoms with Gasteiger partial charge in [-0.25, -0.2) is 9.37 Å². The summed E-state index contributed by atoms with van der Waals surface area (Å²) >= 11 is 1.65. The Morgan fingerprint density at radius 1 is 1.41 bits per heavy atom. The SMILES string of the molecule is COCCCn1cnc2sc3c(c2c1=O)CCC(NCCc1cccc(F)c1)C3. The first-order valence-electron chi connectivity index (χ1n) is 10.1. The molecule has 1 unspecified atom stereocenters. The maximum absolute atomic E-state index is 13.3. The molecule has 0 radical (unpaired) electrons. The molecule has 29 heavy (non-hydrogen) atoms. The van der Waals surface area contributed by atoms with Crippen molar-refractivity contribution in [2.75, 3.05) is 20.3 Å². The van der Waals surface area contributed by atoms with Gasteiger partial charge in [-0.2, -0.15) is 0 Å². The van der Waals surface area contributed by atoms with E-state index in [9.17, 15) is 9.18 Å². The molecule has 1 atom stereocenters. The van der Waals surface area contributed by atoms with E-state index in [-0.39, 0.29) is 11.4 Å². The number of nitrogens with one attached hydrogen (secondary N) is 1. The third kappa shape index (κ3) is 4.57. The lowest BCUT2D eigenvalue weighted by atomic mass is 9.93. The van der Waals surface area contributed by atoms with E-state index in [1.807, 2.05) is 6.07 Å². The van der Waals surface area contributed by atoms with Gasteiger partial charge in [0.05, 0.1) is 11.7 Å². The number of aromatic nitrogens is 2. The van der Waals surface area contributed by atoms with E-state index in [0.717, 1.165) is 54.4 Å². The number of halogens is 1. The lowest BCUT2D eigenvalue weighted by Crippen LogP contribution is -2.35. The molecule has 5 nitrogen and oxygen atoms in total. The van der Waals surface area contributed by atoms with Gasteiger partial charge in [-0.05, 0) is 61.9 Å². The lowest BCUT2D eigenvalue weighted by Gasteiger charge is -2.23. The molecule has 0 fully saturated rings. The van der Waals surface area contributed by atoms with Crippen LogP contribution in [0.25, 0.3) is 10.2 Å². The number of aryl methyl sites for hydroxylation is 2. The molecule has 0 saturated carbocycles. The second-order valence-electron chi connectivity index (χ2n) is 7.55. The summed E-state index contributed by atoms with van der Waals surface area (Å²) < 4.78 is 20.1. The number of fused-ring (bicyclic) bond motifs is 3. The average molecular weight is 416 g/mol. The normalized spacial score (nSPS) is 16.3. The van der Waals surface area contributed by atoms with E-state index in [1.54, 1.807) is 41.5 Å². The maximum atomic E-state index is 13.3. The highest BCUT2D eigenvalue weighted by atomic mass is 32.1. The number of rotatable bonds is 8. The van der Waals surface area contributed by atoms with Gasteiger partial charge >= 0.3 is 0 Å². The van der Waals surface area contributed by atoms with Crippen LogP contribution < -0.4 is 10.9 Å². The number of hydrogen-bond donors (Lipinski definition) is 1. The summed E-state index contributed by atoms with van der Waals surface area (Å²) in [6, 6.07) is 7.16. The summed E-state index contributed by atoms with van der Waals surface area (Å²) in [5, 5.41) is 4.41. The van der Waals surface area contributed by atoms with Crippen molar-refractivity contribution < 1.29 is 9.13 Å². The van der Waals surface area contributed by atoms with Crippen molar-refractivity contribution in [3.63, 3.8) is 0 Å². The van der Waals surface area contributed by atoms with Gasteiger partial charge in [0.25, 0.3) is 5.56 Å². The highest BCUT2D eigenvalue weighted by molar-refractivity contribution is 7.18. The molecule has 0 amide bonds. The van der Waals surface area contributed by atoms with Crippen LogP contribution in [0.5, 0.6) is 0 Å². The molecule has 0 aliphatic heterocycles. The van der Waals surface area contributed by atoms with Gasteiger partial charge in [0.2, 0.25) is 0 Å². The minimum Gasteiger partial charge on any atom is -0.385 e. The Bertz CT molecular complexity index is 1050. The van der Waals surface area contributed by atoms with Gasteiger partial charge in [-0.15, -0.1) is 11.3 Å². The molecule has 0 spiro atoms. The first kappa shape index (κ1) is 20.2. The largest absolute Gasteiger partial charge is 0.385 e. The second-order valence-corrected chi connectivity index (χ2v) is 8.63. The predicted octanol–water partition coefficient (Wildman–Crippen LogP) is 3.32. The predicted molar refractivity (Wildman–Crippen MR) is 114 cm³/mol. The van der Waals surface area contributed by atoms with Crippen LogP contribution in [0, 0.1) is 5.82 Å². The molecular weight excluding hydrogens is 389 g/mol. The smallest absolute Gasteiger partial charge is 0.262 e. The molecule has 4 rings (SSSR count). The monoisotopic (exact) mass is 415 g/mol. The van der Waals surface area contributed by atoms with Crippen molar-refractivity contribution in [2.45, 2.75) is 44.7 Å². The van der Waals surface area contributed by atoms with Crippen LogP contribution in [0.15, 0.2) is 35.4 Å². The van der Waals surface area contributed by atoms with E-state index in [0.29, 0.717) is 19.2 Å². The lowest BCUT2D eigenvalue weighted by molar-refractivity contribution is 0.190. The van der Waals surface area contributed by atoms with Crippen molar-refractivity contribution in [1.82, 2.24) is 14.9 Å². The van der Waals surface area contributed by atoms with Crippen molar-refractivity contribution in [1.29, 1.82) is 0 Å². The number of hydrogen-bond acceptors (Lipinski definition) is 5. The first-order valence-corrected chi connectivity index (χ1v) is 10.9. The maximum Gasteiger partial charge on any atom is 0.262 e. The number of nitrogens with zero attached hydrogens (tertiary/aromatic N) is 2. The van der Waals surface area contributed by atoms with Crippen LogP contribution in [-0.4, -0.2) is 35.9 Å². The molecule has 3 aromatic rings. The Hall–Kier alpha value is -2.09. The van der Waals surface area contributed by atoms with Crippen molar-refractivity contribution >= 4 is 21.6 Å². The van der Waals surface area contributed by atoms with Crippen molar-refractivity contribution in [3.05, 3.63) is 62.8 Å². The van der Waals surface area contributed by atoms with Crippen molar-refractivity contribution in [3.8, 4) is 0 Å².